The molecule has 180 valence electrons. The fourth-order valence-electron chi connectivity index (χ4n) is 3.17. The number of para-hydroxylation sites is 1. The van der Waals surface area contributed by atoms with E-state index in [1.54, 1.807) is 24.1 Å². The predicted molar refractivity (Wildman–Crippen MR) is 141 cm³/mol. The fourth-order valence-corrected chi connectivity index (χ4v) is 3.17. The number of carbonyl (C=O) groups is 2. The highest BCUT2D eigenvalue weighted by Crippen LogP contribution is 2.37. The predicted octanol–water partition coefficient (Wildman–Crippen LogP) is -1.21. The Morgan fingerprint density at radius 3 is 2.49 bits per heavy atom. The summed E-state index contributed by atoms with van der Waals surface area (Å²) >= 11 is 0. The van der Waals surface area contributed by atoms with Crippen molar-refractivity contribution in [1.82, 2.24) is 35.6 Å². The first kappa shape index (κ1) is 25.6. The van der Waals surface area contributed by atoms with E-state index in [1.807, 2.05) is 49.5 Å². The van der Waals surface area contributed by atoms with Crippen molar-refractivity contribution in [1.29, 1.82) is 0 Å². The van der Waals surface area contributed by atoms with Crippen molar-refractivity contribution in [2.45, 2.75) is 25.1 Å². The maximum Gasteiger partial charge on any atom is 0.320 e. The SMILES string of the molecule is BC(B)(B)NC(=O)c1nnc(NC(=O)NC(C)C)cc1Nc1cccc(-c2ncn(C)n2)c1OC. The molecule has 2 heterocycles. The van der Waals surface area contributed by atoms with Crippen molar-refractivity contribution >= 4 is 52.7 Å². The summed E-state index contributed by atoms with van der Waals surface area (Å²) in [5.41, 5.74) is 1.59. The van der Waals surface area contributed by atoms with E-state index >= 15 is 0 Å². The van der Waals surface area contributed by atoms with Crippen LogP contribution < -0.4 is 26.0 Å². The molecule has 0 radical (unpaired) electrons. The first-order valence-electron chi connectivity index (χ1n) is 11.0. The van der Waals surface area contributed by atoms with Crippen LogP contribution in [0.15, 0.2) is 30.6 Å². The minimum absolute atomic E-state index is 0.0539. The van der Waals surface area contributed by atoms with Crippen molar-refractivity contribution in [2.75, 3.05) is 17.7 Å². The van der Waals surface area contributed by atoms with E-state index in [0.29, 0.717) is 28.5 Å². The zero-order chi connectivity index (χ0) is 25.8. The van der Waals surface area contributed by atoms with Crippen LogP contribution in [0.4, 0.5) is 22.0 Å². The number of urea groups is 1. The largest absolute Gasteiger partial charge is 0.494 e. The number of nitrogens with zero attached hydrogens (tertiary/aromatic N) is 5. The van der Waals surface area contributed by atoms with Gasteiger partial charge in [0.25, 0.3) is 5.91 Å². The number of anilines is 3. The highest BCUT2D eigenvalue weighted by Gasteiger charge is 2.23. The van der Waals surface area contributed by atoms with Gasteiger partial charge in [0.15, 0.2) is 23.1 Å². The van der Waals surface area contributed by atoms with Crippen LogP contribution >= 0.6 is 0 Å². The van der Waals surface area contributed by atoms with Crippen molar-refractivity contribution in [3.63, 3.8) is 0 Å². The highest BCUT2D eigenvalue weighted by molar-refractivity contribution is 6.60. The van der Waals surface area contributed by atoms with Gasteiger partial charge in [-0.3, -0.25) is 14.8 Å². The summed E-state index contributed by atoms with van der Waals surface area (Å²) in [7, 11) is 8.91. The van der Waals surface area contributed by atoms with Gasteiger partial charge in [0.2, 0.25) is 0 Å². The molecule has 12 nitrogen and oxygen atoms in total. The number of hydrogen-bond acceptors (Lipinski definition) is 8. The van der Waals surface area contributed by atoms with Crippen molar-refractivity contribution < 1.29 is 14.3 Å². The molecule has 0 aliphatic heterocycles. The Bertz CT molecular complexity index is 1230. The lowest BCUT2D eigenvalue weighted by Crippen LogP contribution is -2.50. The zero-order valence-electron chi connectivity index (χ0n) is 20.9. The number of methoxy groups -OCH3 is 1. The summed E-state index contributed by atoms with van der Waals surface area (Å²) in [5.74, 6) is 0.704. The number of rotatable bonds is 8. The summed E-state index contributed by atoms with van der Waals surface area (Å²) in [6.45, 7) is 3.68. The van der Waals surface area contributed by atoms with Crippen molar-refractivity contribution in [3.8, 4) is 17.1 Å². The van der Waals surface area contributed by atoms with Crippen LogP contribution in [-0.4, -0.2) is 78.8 Å². The van der Waals surface area contributed by atoms with Gasteiger partial charge in [-0.1, -0.05) is 6.07 Å². The first-order chi connectivity index (χ1) is 16.5. The van der Waals surface area contributed by atoms with Gasteiger partial charge in [-0.2, -0.15) is 5.10 Å². The van der Waals surface area contributed by atoms with Crippen LogP contribution in [-0.2, 0) is 7.05 Å². The number of carbonyl (C=O) groups excluding carboxylic acids is 2. The number of aryl methyl sites for hydroxylation is 1. The van der Waals surface area contributed by atoms with Gasteiger partial charge in [0.1, 0.15) is 29.9 Å². The molecule has 3 amide bonds. The molecule has 0 unspecified atom stereocenters. The van der Waals surface area contributed by atoms with Crippen LogP contribution in [0.3, 0.4) is 0 Å². The molecule has 3 aromatic rings. The van der Waals surface area contributed by atoms with Gasteiger partial charge in [0, 0.05) is 19.2 Å². The maximum absolute atomic E-state index is 13.0. The average molecular weight is 475 g/mol. The molecular formula is C20H28B3N9O3. The summed E-state index contributed by atoms with van der Waals surface area (Å²) in [6.07, 6.45) is 1.59. The lowest BCUT2D eigenvalue weighted by molar-refractivity contribution is 0.0947. The average Bonchev–Trinajstić information content (AvgIpc) is 3.18. The third-order valence-electron chi connectivity index (χ3n) is 4.49. The molecule has 0 spiro atoms. The monoisotopic (exact) mass is 475 g/mol. The quantitative estimate of drug-likeness (QED) is 0.297. The molecule has 0 saturated carbocycles. The van der Waals surface area contributed by atoms with Gasteiger partial charge >= 0.3 is 6.03 Å². The smallest absolute Gasteiger partial charge is 0.320 e. The number of ether oxygens (including phenoxy) is 1. The minimum Gasteiger partial charge on any atom is -0.494 e. The first-order valence-corrected chi connectivity index (χ1v) is 11.0. The lowest BCUT2D eigenvalue weighted by Gasteiger charge is -2.22. The van der Waals surface area contributed by atoms with E-state index < -0.39 is 17.2 Å². The zero-order valence-corrected chi connectivity index (χ0v) is 20.9. The number of nitrogens with one attached hydrogen (secondary N) is 4. The molecule has 0 aliphatic rings. The second-order valence-electron chi connectivity index (χ2n) is 9.20. The van der Waals surface area contributed by atoms with E-state index in [9.17, 15) is 9.59 Å². The molecule has 0 atom stereocenters. The second-order valence-corrected chi connectivity index (χ2v) is 9.20. The maximum atomic E-state index is 13.0. The fraction of sp³-hybridized carbons (Fsp3) is 0.300. The molecule has 0 bridgehead atoms. The Morgan fingerprint density at radius 1 is 1.14 bits per heavy atom. The molecule has 0 aliphatic carbocycles. The Balaban J connectivity index is 2.03. The topological polar surface area (TPSA) is 148 Å². The van der Waals surface area contributed by atoms with E-state index in [0.717, 1.165) is 0 Å². The van der Waals surface area contributed by atoms with E-state index in [1.165, 1.54) is 13.2 Å². The van der Waals surface area contributed by atoms with Gasteiger partial charge in [0.05, 0.1) is 24.0 Å². The van der Waals surface area contributed by atoms with Crippen molar-refractivity contribution in [3.05, 3.63) is 36.3 Å². The summed E-state index contributed by atoms with van der Waals surface area (Å²) in [6, 6.07) is 6.47. The van der Waals surface area contributed by atoms with Crippen LogP contribution in [0.1, 0.15) is 24.3 Å². The molecule has 0 fully saturated rings. The summed E-state index contributed by atoms with van der Waals surface area (Å²) < 4.78 is 7.26. The van der Waals surface area contributed by atoms with Crippen LogP contribution in [0.25, 0.3) is 11.4 Å². The van der Waals surface area contributed by atoms with Gasteiger partial charge in [-0.05, 0) is 31.2 Å². The number of amides is 3. The van der Waals surface area contributed by atoms with E-state index in [2.05, 4.69) is 41.5 Å². The Morgan fingerprint density at radius 2 is 1.89 bits per heavy atom. The third kappa shape index (κ3) is 6.74. The molecule has 3 rings (SSSR count). The number of aromatic nitrogens is 5. The normalized spacial score (nSPS) is 11.1. The van der Waals surface area contributed by atoms with Gasteiger partial charge in [-0.25, -0.2) is 9.78 Å². The molecule has 2 aromatic heterocycles. The Labute approximate surface area is 206 Å². The molecule has 0 saturated heterocycles. The minimum atomic E-state index is -0.494. The van der Waals surface area contributed by atoms with Crippen LogP contribution in [0, 0.1) is 0 Å². The van der Waals surface area contributed by atoms with Gasteiger partial charge < -0.3 is 20.7 Å². The molecule has 4 N–H and O–H groups in total. The van der Waals surface area contributed by atoms with Crippen molar-refractivity contribution in [2.24, 2.45) is 7.05 Å². The Kier molecular flexibility index (Phi) is 7.67. The molecule has 15 heteroatoms. The van der Waals surface area contributed by atoms with Crippen LogP contribution in [0.2, 0.25) is 0 Å². The highest BCUT2D eigenvalue weighted by atomic mass is 16.5. The standard InChI is InChI=1S/C20H28B3N9O3/c1-10(2)25-19(34)27-14-8-13(15(30-29-14)18(33)28-20(21,22)23)26-12-7-5-6-11(16(12)35-4)17-24-9-32(3)31-17/h5-10H,21-23H2,1-4H3,(H,28,33)(H3,25,26,27,29,34). The third-order valence-corrected chi connectivity index (χ3v) is 4.49. The second kappa shape index (κ2) is 10.5. The molecule has 1 aromatic carbocycles. The van der Waals surface area contributed by atoms with E-state index in [4.69, 9.17) is 4.74 Å². The van der Waals surface area contributed by atoms with Crippen LogP contribution in [0.5, 0.6) is 5.75 Å². The number of benzene rings is 1. The lowest BCUT2D eigenvalue weighted by atomic mass is 9.49. The molecule has 35 heavy (non-hydrogen) atoms. The summed E-state index contributed by atoms with van der Waals surface area (Å²) in [5, 5.41) is 23.4. The molecular weight excluding hydrogens is 447 g/mol. The number of hydrogen-bond donors (Lipinski definition) is 4. The van der Waals surface area contributed by atoms with Gasteiger partial charge in [-0.15, -0.1) is 10.2 Å². The van der Waals surface area contributed by atoms with E-state index in [-0.39, 0.29) is 17.6 Å². The summed E-state index contributed by atoms with van der Waals surface area (Å²) in [4.78, 5) is 29.5. The Hall–Kier alpha value is -4.03.